The summed E-state index contributed by atoms with van der Waals surface area (Å²) in [6.45, 7) is 3.24. The van der Waals surface area contributed by atoms with Crippen LogP contribution >= 0.6 is 24.2 Å². The van der Waals surface area contributed by atoms with Gasteiger partial charge in [-0.15, -0.1) is 24.2 Å². The van der Waals surface area contributed by atoms with E-state index >= 15 is 0 Å². The van der Waals surface area contributed by atoms with Crippen molar-refractivity contribution in [1.82, 2.24) is 10.0 Å². The Bertz CT molecular complexity index is 1200. The van der Waals surface area contributed by atoms with Crippen molar-refractivity contribution in [3.8, 4) is 11.1 Å². The molecule has 0 bridgehead atoms. The number of carbonyl (C=O) groups excluding carboxylic acids is 1. The summed E-state index contributed by atoms with van der Waals surface area (Å²) in [5.41, 5.74) is 4.41. The van der Waals surface area contributed by atoms with Crippen molar-refractivity contribution < 1.29 is 18.3 Å². The molecule has 0 aliphatic carbocycles. The van der Waals surface area contributed by atoms with Crippen LogP contribution < -0.4 is 10.0 Å². The first kappa shape index (κ1) is 28.9. The largest absolute Gasteiger partial charge is 0.387 e. The average molecular weight is 535 g/mol. The molecule has 188 valence electrons. The third-order valence-electron chi connectivity index (χ3n) is 5.20. The molecule has 0 aliphatic heterocycles. The van der Waals surface area contributed by atoms with Gasteiger partial charge in [0.1, 0.15) is 0 Å². The monoisotopic (exact) mass is 534 g/mol. The highest BCUT2D eigenvalue weighted by Gasteiger charge is 2.16. The van der Waals surface area contributed by atoms with Crippen molar-refractivity contribution in [1.29, 1.82) is 0 Å². The molecule has 0 saturated carbocycles. The van der Waals surface area contributed by atoms with Crippen LogP contribution in [0, 0.1) is 0 Å². The highest BCUT2D eigenvalue weighted by Crippen LogP contribution is 2.29. The number of amides is 1. The van der Waals surface area contributed by atoms with Gasteiger partial charge in [0, 0.05) is 11.4 Å². The molecule has 3 rings (SSSR count). The molecule has 0 aliphatic rings. The topological polar surface area (TPSA) is 95.5 Å². The fraction of sp³-hybridized carbons (Fsp3) is 0.269. The van der Waals surface area contributed by atoms with E-state index in [1.54, 1.807) is 6.07 Å². The number of sulfonamides is 1. The molecule has 35 heavy (non-hydrogen) atoms. The Balaban J connectivity index is 0.00000432. The summed E-state index contributed by atoms with van der Waals surface area (Å²) in [5.74, 6) is 0.137. The van der Waals surface area contributed by atoms with E-state index in [9.17, 15) is 18.3 Å². The lowest BCUT2D eigenvalue weighted by molar-refractivity contribution is 0.0979. The van der Waals surface area contributed by atoms with Crippen LogP contribution in [-0.4, -0.2) is 44.5 Å². The lowest BCUT2D eigenvalue weighted by Gasteiger charge is -2.13. The number of hydrogen-bond donors (Lipinski definition) is 3. The molecule has 1 atom stereocenters. The fourth-order valence-corrected chi connectivity index (χ4v) is 4.80. The second-order valence-electron chi connectivity index (χ2n) is 7.92. The number of halogens is 1. The van der Waals surface area contributed by atoms with Crippen LogP contribution in [0.15, 0.2) is 77.7 Å². The van der Waals surface area contributed by atoms with Gasteiger partial charge in [0.05, 0.1) is 17.9 Å². The minimum Gasteiger partial charge on any atom is -0.387 e. The number of hydrogen-bond acceptors (Lipinski definition) is 6. The molecule has 0 heterocycles. The van der Waals surface area contributed by atoms with Gasteiger partial charge in [-0.2, -0.15) is 0 Å². The maximum atomic E-state index is 12.4. The van der Waals surface area contributed by atoms with Crippen molar-refractivity contribution in [2.75, 3.05) is 25.1 Å². The summed E-state index contributed by atoms with van der Waals surface area (Å²) in [7, 11) is -3.63. The number of aliphatic hydroxyl groups excluding tert-OH is 1. The standard InChI is InChI=1S/C26H30N2O4S2.ClH/c1-3-33-25-17-22(13-14-23(25)26(30)28-34(2,31)32)20-11-9-19(10-12-20)15-16-27-18-24(29)21-7-5-4-6-8-21;/h4-14,17,24,27,29H,3,15-16,18H2,1-2H3,(H,28,30);1H/t24-;/m1./s1. The Labute approximate surface area is 218 Å². The summed E-state index contributed by atoms with van der Waals surface area (Å²) >= 11 is 1.50. The first-order valence-corrected chi connectivity index (χ1v) is 14.0. The number of benzene rings is 3. The molecule has 3 aromatic carbocycles. The Hall–Kier alpha value is -2.36. The molecule has 3 N–H and O–H groups in total. The summed E-state index contributed by atoms with van der Waals surface area (Å²) in [6.07, 6.45) is 1.28. The number of thioether (sulfide) groups is 1. The van der Waals surface area contributed by atoms with Gasteiger partial charge >= 0.3 is 0 Å². The van der Waals surface area contributed by atoms with Crippen molar-refractivity contribution >= 4 is 40.1 Å². The van der Waals surface area contributed by atoms with Gasteiger partial charge in [-0.3, -0.25) is 4.79 Å². The maximum Gasteiger partial charge on any atom is 0.265 e. The molecular weight excluding hydrogens is 504 g/mol. The first-order chi connectivity index (χ1) is 16.3. The van der Waals surface area contributed by atoms with E-state index in [-0.39, 0.29) is 12.4 Å². The zero-order chi connectivity index (χ0) is 24.6. The van der Waals surface area contributed by atoms with Gasteiger partial charge in [-0.1, -0.05) is 67.6 Å². The van der Waals surface area contributed by atoms with E-state index < -0.39 is 22.0 Å². The number of nitrogens with one attached hydrogen (secondary N) is 2. The molecule has 0 saturated heterocycles. The van der Waals surface area contributed by atoms with Crippen LogP contribution in [0.1, 0.15) is 34.5 Å². The van der Waals surface area contributed by atoms with Gasteiger partial charge in [-0.25, -0.2) is 13.1 Å². The summed E-state index contributed by atoms with van der Waals surface area (Å²) in [6, 6.07) is 23.3. The summed E-state index contributed by atoms with van der Waals surface area (Å²) in [4.78, 5) is 13.1. The molecular formula is C26H31ClN2O4S2. The highest BCUT2D eigenvalue weighted by atomic mass is 35.5. The Morgan fingerprint density at radius 3 is 2.29 bits per heavy atom. The Morgan fingerprint density at radius 2 is 1.66 bits per heavy atom. The van der Waals surface area contributed by atoms with Crippen LogP contribution in [0.2, 0.25) is 0 Å². The molecule has 0 aromatic heterocycles. The first-order valence-electron chi connectivity index (χ1n) is 11.1. The Kier molecular flexibility index (Phi) is 11.3. The van der Waals surface area contributed by atoms with Gasteiger partial charge in [-0.05, 0) is 53.1 Å². The molecule has 0 unspecified atom stereocenters. The second-order valence-corrected chi connectivity index (χ2v) is 11.0. The molecule has 0 radical (unpaired) electrons. The lowest BCUT2D eigenvalue weighted by atomic mass is 10.0. The maximum absolute atomic E-state index is 12.4. The summed E-state index contributed by atoms with van der Waals surface area (Å²) < 4.78 is 24.9. The minimum atomic E-state index is -3.63. The smallest absolute Gasteiger partial charge is 0.265 e. The van der Waals surface area contributed by atoms with Crippen molar-refractivity contribution in [2.24, 2.45) is 0 Å². The second kappa shape index (κ2) is 13.7. The van der Waals surface area contributed by atoms with E-state index in [4.69, 9.17) is 0 Å². The van der Waals surface area contributed by atoms with E-state index in [2.05, 4.69) is 17.4 Å². The van der Waals surface area contributed by atoms with Gasteiger partial charge in [0.15, 0.2) is 0 Å². The van der Waals surface area contributed by atoms with Crippen molar-refractivity contribution in [3.05, 3.63) is 89.5 Å². The van der Waals surface area contributed by atoms with Crippen molar-refractivity contribution in [3.63, 3.8) is 0 Å². The van der Waals surface area contributed by atoms with Crippen LogP contribution in [0.25, 0.3) is 11.1 Å². The number of carbonyl (C=O) groups is 1. The SMILES string of the molecule is CCSc1cc(-c2ccc(CCNC[C@@H](O)c3ccccc3)cc2)ccc1C(=O)NS(C)(=O)=O.Cl. The van der Waals surface area contributed by atoms with Gasteiger partial charge in [0.2, 0.25) is 10.0 Å². The van der Waals surface area contributed by atoms with Crippen LogP contribution in [0.5, 0.6) is 0 Å². The van der Waals surface area contributed by atoms with Gasteiger partial charge in [0.25, 0.3) is 5.91 Å². The number of aliphatic hydroxyl groups is 1. The van der Waals surface area contributed by atoms with E-state index in [0.29, 0.717) is 12.1 Å². The predicted molar refractivity (Wildman–Crippen MR) is 146 cm³/mol. The van der Waals surface area contributed by atoms with Crippen LogP contribution in [0.3, 0.4) is 0 Å². The predicted octanol–water partition coefficient (Wildman–Crippen LogP) is 4.44. The molecule has 1 amide bonds. The molecule has 6 nitrogen and oxygen atoms in total. The van der Waals surface area contributed by atoms with Crippen LogP contribution in [-0.2, 0) is 16.4 Å². The average Bonchev–Trinajstić information content (AvgIpc) is 2.81. The molecule has 9 heteroatoms. The molecule has 3 aromatic rings. The van der Waals surface area contributed by atoms with Crippen LogP contribution in [0.4, 0.5) is 0 Å². The quantitative estimate of drug-likeness (QED) is 0.248. The third kappa shape index (κ3) is 8.98. The number of rotatable bonds is 11. The normalized spacial score (nSPS) is 12.0. The van der Waals surface area contributed by atoms with Gasteiger partial charge < -0.3 is 10.4 Å². The van der Waals surface area contributed by atoms with E-state index in [1.807, 2.05) is 66.2 Å². The van der Waals surface area contributed by atoms with Crippen molar-refractivity contribution in [2.45, 2.75) is 24.3 Å². The lowest BCUT2D eigenvalue weighted by Crippen LogP contribution is -2.29. The molecule has 0 fully saturated rings. The van der Waals surface area contributed by atoms with E-state index in [1.165, 1.54) is 17.3 Å². The molecule has 0 spiro atoms. The zero-order valence-corrected chi connectivity index (χ0v) is 22.2. The van der Waals surface area contributed by atoms with E-state index in [0.717, 1.165) is 46.6 Å². The third-order valence-corrected chi connectivity index (χ3v) is 6.70. The zero-order valence-electron chi connectivity index (χ0n) is 19.7. The summed E-state index contributed by atoms with van der Waals surface area (Å²) in [5, 5.41) is 13.5. The minimum absolute atomic E-state index is 0. The fourth-order valence-electron chi connectivity index (χ4n) is 3.52. The Morgan fingerprint density at radius 1 is 1.00 bits per heavy atom. The highest BCUT2D eigenvalue weighted by molar-refractivity contribution is 7.99.